The quantitative estimate of drug-likeness (QED) is 0.728. The molecule has 0 saturated carbocycles. The van der Waals surface area contributed by atoms with Crippen molar-refractivity contribution in [2.75, 3.05) is 18.1 Å². The molecule has 2 atom stereocenters. The maximum atomic E-state index is 11.4. The highest BCUT2D eigenvalue weighted by Gasteiger charge is 2.25. The summed E-state index contributed by atoms with van der Waals surface area (Å²) in [5, 5.41) is 8.91. The Bertz CT molecular complexity index is 423. The first-order valence-corrected chi connectivity index (χ1v) is 5.95. The van der Waals surface area contributed by atoms with Crippen LogP contribution in [0, 0.1) is 0 Å². The van der Waals surface area contributed by atoms with E-state index in [4.69, 9.17) is 15.6 Å². The van der Waals surface area contributed by atoms with E-state index >= 15 is 0 Å². The van der Waals surface area contributed by atoms with Gasteiger partial charge >= 0.3 is 5.69 Å². The fraction of sp³-hybridized carbons (Fsp3) is 0.556. The van der Waals surface area contributed by atoms with E-state index in [9.17, 15) is 4.79 Å². The largest absolute Gasteiger partial charge is 0.394 e. The average molecular weight is 243 g/mol. The molecule has 1 aliphatic rings. The molecule has 1 fully saturated rings. The first-order chi connectivity index (χ1) is 7.69. The van der Waals surface area contributed by atoms with Crippen LogP contribution in [0.2, 0.25) is 0 Å². The van der Waals surface area contributed by atoms with Crippen molar-refractivity contribution in [3.05, 3.63) is 22.7 Å². The van der Waals surface area contributed by atoms with Crippen molar-refractivity contribution in [3.8, 4) is 0 Å². The van der Waals surface area contributed by atoms with Gasteiger partial charge < -0.3 is 15.6 Å². The van der Waals surface area contributed by atoms with Gasteiger partial charge in [-0.2, -0.15) is 4.98 Å². The standard InChI is InChI=1S/C9H13N3O3S/c10-7-1-2-12(9(14)11-7)3-8-15-6(4-13)5-16-8/h1-2,6,8,13H,3-5H2,(H2,10,11,14)/t6-,8-/m0/s1. The highest BCUT2D eigenvalue weighted by molar-refractivity contribution is 8.00. The number of rotatable bonds is 3. The van der Waals surface area contributed by atoms with Crippen LogP contribution in [-0.4, -0.2) is 38.6 Å². The van der Waals surface area contributed by atoms with Crippen molar-refractivity contribution >= 4 is 17.6 Å². The van der Waals surface area contributed by atoms with Gasteiger partial charge in [-0.1, -0.05) is 0 Å². The van der Waals surface area contributed by atoms with Crippen LogP contribution in [-0.2, 0) is 11.3 Å². The third kappa shape index (κ3) is 2.55. The van der Waals surface area contributed by atoms with Crippen molar-refractivity contribution in [2.45, 2.75) is 18.1 Å². The molecule has 88 valence electrons. The molecule has 0 aliphatic carbocycles. The number of aromatic nitrogens is 2. The topological polar surface area (TPSA) is 90.4 Å². The van der Waals surface area contributed by atoms with E-state index in [2.05, 4.69) is 4.98 Å². The molecule has 1 saturated heterocycles. The maximum absolute atomic E-state index is 11.4. The predicted molar refractivity (Wildman–Crippen MR) is 61.1 cm³/mol. The van der Waals surface area contributed by atoms with Gasteiger partial charge in [-0.3, -0.25) is 4.57 Å². The normalized spacial score (nSPS) is 24.8. The third-order valence-corrected chi connectivity index (χ3v) is 3.45. The van der Waals surface area contributed by atoms with Crippen LogP contribution in [0.3, 0.4) is 0 Å². The summed E-state index contributed by atoms with van der Waals surface area (Å²) in [6.07, 6.45) is 1.47. The minimum atomic E-state index is -0.378. The summed E-state index contributed by atoms with van der Waals surface area (Å²) in [7, 11) is 0. The van der Waals surface area contributed by atoms with E-state index in [0.717, 1.165) is 5.75 Å². The summed E-state index contributed by atoms with van der Waals surface area (Å²) in [4.78, 5) is 15.1. The van der Waals surface area contributed by atoms with Crippen molar-refractivity contribution in [1.82, 2.24) is 9.55 Å². The third-order valence-electron chi connectivity index (χ3n) is 2.26. The number of hydrogen-bond donors (Lipinski definition) is 2. The van der Waals surface area contributed by atoms with E-state index in [-0.39, 0.29) is 29.7 Å². The Kier molecular flexibility index (Phi) is 3.47. The number of ether oxygens (including phenoxy) is 1. The average Bonchev–Trinajstić information content (AvgIpc) is 2.70. The number of nitrogen functional groups attached to an aromatic ring is 1. The van der Waals surface area contributed by atoms with Gasteiger partial charge in [0.1, 0.15) is 11.3 Å². The van der Waals surface area contributed by atoms with Gasteiger partial charge in [0.2, 0.25) is 0 Å². The number of nitrogens with zero attached hydrogens (tertiary/aromatic N) is 2. The lowest BCUT2D eigenvalue weighted by Gasteiger charge is -2.12. The fourth-order valence-electron chi connectivity index (χ4n) is 1.44. The Labute approximate surface area is 96.4 Å². The van der Waals surface area contributed by atoms with E-state index in [0.29, 0.717) is 6.54 Å². The Hall–Kier alpha value is -1.05. The highest BCUT2D eigenvalue weighted by atomic mass is 32.2. The predicted octanol–water partition coefficient (Wildman–Crippen LogP) is -0.724. The van der Waals surface area contributed by atoms with Crippen LogP contribution in [0.1, 0.15) is 0 Å². The lowest BCUT2D eigenvalue weighted by Crippen LogP contribution is -2.28. The summed E-state index contributed by atoms with van der Waals surface area (Å²) < 4.78 is 6.95. The Morgan fingerprint density at radius 1 is 1.75 bits per heavy atom. The fourth-order valence-corrected chi connectivity index (χ4v) is 2.56. The smallest absolute Gasteiger partial charge is 0.349 e. The van der Waals surface area contributed by atoms with Gasteiger partial charge in [-0.15, -0.1) is 11.8 Å². The molecule has 1 aliphatic heterocycles. The molecule has 0 spiro atoms. The molecule has 0 aromatic carbocycles. The number of anilines is 1. The van der Waals surface area contributed by atoms with Crippen LogP contribution in [0.15, 0.2) is 17.1 Å². The van der Waals surface area contributed by atoms with Crippen molar-refractivity contribution in [2.24, 2.45) is 0 Å². The van der Waals surface area contributed by atoms with E-state index in [1.54, 1.807) is 24.0 Å². The van der Waals surface area contributed by atoms with E-state index in [1.165, 1.54) is 4.57 Å². The second kappa shape index (κ2) is 4.86. The summed E-state index contributed by atoms with van der Waals surface area (Å²) >= 11 is 1.58. The number of nitrogens with two attached hydrogens (primary N) is 1. The second-order valence-electron chi connectivity index (χ2n) is 3.49. The van der Waals surface area contributed by atoms with Gasteiger partial charge in [-0.05, 0) is 6.07 Å². The van der Waals surface area contributed by atoms with Gasteiger partial charge in [-0.25, -0.2) is 4.79 Å². The minimum Gasteiger partial charge on any atom is -0.394 e. The first kappa shape index (κ1) is 11.4. The van der Waals surface area contributed by atoms with Crippen LogP contribution >= 0.6 is 11.8 Å². The molecule has 1 aromatic heterocycles. The molecule has 2 rings (SSSR count). The number of aliphatic hydroxyl groups excluding tert-OH is 1. The van der Waals surface area contributed by atoms with Crippen molar-refractivity contribution in [1.29, 1.82) is 0 Å². The van der Waals surface area contributed by atoms with Crippen LogP contribution in [0.5, 0.6) is 0 Å². The molecule has 16 heavy (non-hydrogen) atoms. The maximum Gasteiger partial charge on any atom is 0.349 e. The van der Waals surface area contributed by atoms with Gasteiger partial charge in [0.15, 0.2) is 0 Å². The zero-order valence-electron chi connectivity index (χ0n) is 8.57. The number of hydrogen-bond acceptors (Lipinski definition) is 6. The zero-order chi connectivity index (χ0) is 11.5. The summed E-state index contributed by atoms with van der Waals surface area (Å²) in [5.74, 6) is 0.965. The Morgan fingerprint density at radius 3 is 3.19 bits per heavy atom. The molecule has 0 amide bonds. The van der Waals surface area contributed by atoms with Crippen LogP contribution in [0.25, 0.3) is 0 Å². The molecule has 0 radical (unpaired) electrons. The van der Waals surface area contributed by atoms with Gasteiger partial charge in [0.25, 0.3) is 0 Å². The zero-order valence-corrected chi connectivity index (χ0v) is 9.39. The van der Waals surface area contributed by atoms with E-state index < -0.39 is 0 Å². The van der Waals surface area contributed by atoms with Crippen LogP contribution < -0.4 is 11.4 Å². The number of thioether (sulfide) groups is 1. The molecule has 0 bridgehead atoms. The first-order valence-electron chi connectivity index (χ1n) is 4.90. The molecule has 7 heteroatoms. The SMILES string of the molecule is Nc1ccn(C[C@H]2O[C@@H](CO)CS2)c(=O)n1. The molecular weight excluding hydrogens is 230 g/mol. The lowest BCUT2D eigenvalue weighted by atomic mass is 10.4. The van der Waals surface area contributed by atoms with Crippen molar-refractivity contribution < 1.29 is 9.84 Å². The lowest BCUT2D eigenvalue weighted by molar-refractivity contribution is 0.0208. The molecule has 1 aromatic rings. The number of aliphatic hydroxyl groups is 1. The highest BCUT2D eigenvalue weighted by Crippen LogP contribution is 2.25. The summed E-state index contributed by atoms with van der Waals surface area (Å²) in [6.45, 7) is 0.436. The molecule has 3 N–H and O–H groups in total. The summed E-state index contributed by atoms with van der Waals surface area (Å²) in [6, 6.07) is 1.57. The van der Waals surface area contributed by atoms with Crippen molar-refractivity contribution in [3.63, 3.8) is 0 Å². The van der Waals surface area contributed by atoms with E-state index in [1.807, 2.05) is 0 Å². The van der Waals surface area contributed by atoms with Crippen LogP contribution in [0.4, 0.5) is 5.82 Å². The Morgan fingerprint density at radius 2 is 2.56 bits per heavy atom. The molecular formula is C9H13N3O3S. The second-order valence-corrected chi connectivity index (χ2v) is 4.68. The Balaban J connectivity index is 2.02. The molecule has 6 nitrogen and oxygen atoms in total. The van der Waals surface area contributed by atoms with Gasteiger partial charge in [0, 0.05) is 11.9 Å². The minimum absolute atomic E-state index is 0.0123. The molecule has 2 heterocycles. The van der Waals surface area contributed by atoms with Gasteiger partial charge in [0.05, 0.1) is 19.3 Å². The summed E-state index contributed by atoms with van der Waals surface area (Å²) in [5.41, 5.74) is 4.90. The monoisotopic (exact) mass is 243 g/mol. The molecule has 0 unspecified atom stereocenters.